The molecule has 4 heteroatoms. The van der Waals surface area contributed by atoms with Crippen LogP contribution in [0.5, 0.6) is 0 Å². The van der Waals surface area contributed by atoms with Crippen LogP contribution >= 0.6 is 11.3 Å². The molecule has 1 saturated heterocycles. The second-order valence-corrected chi connectivity index (χ2v) is 5.36. The van der Waals surface area contributed by atoms with Gasteiger partial charge in [0, 0.05) is 30.8 Å². The van der Waals surface area contributed by atoms with E-state index in [1.807, 2.05) is 13.1 Å². The van der Waals surface area contributed by atoms with Crippen molar-refractivity contribution in [1.82, 2.24) is 10.3 Å². The normalized spacial score (nSPS) is 21.0. The maximum atomic E-state index is 5.34. The molecule has 2 heterocycles. The summed E-state index contributed by atoms with van der Waals surface area (Å²) >= 11 is 1.77. The molecule has 0 aliphatic carbocycles. The average molecular weight is 226 g/mol. The summed E-state index contributed by atoms with van der Waals surface area (Å²) in [5, 5.41) is 4.61. The number of hydrogen-bond acceptors (Lipinski definition) is 4. The molecule has 1 aliphatic heterocycles. The van der Waals surface area contributed by atoms with E-state index in [0.717, 1.165) is 37.2 Å². The van der Waals surface area contributed by atoms with Gasteiger partial charge < -0.3 is 10.1 Å². The Balaban J connectivity index is 1.58. The molecule has 0 spiro atoms. The Morgan fingerprint density at radius 2 is 2.60 bits per heavy atom. The Kier molecular flexibility index (Phi) is 4.11. The van der Waals surface area contributed by atoms with E-state index in [2.05, 4.69) is 10.3 Å². The molecule has 1 aliphatic rings. The van der Waals surface area contributed by atoms with Crippen LogP contribution in [0.1, 0.15) is 22.7 Å². The molecule has 0 aromatic carbocycles. The lowest BCUT2D eigenvalue weighted by Gasteiger charge is -2.07. The van der Waals surface area contributed by atoms with Crippen LogP contribution in [0, 0.1) is 12.8 Å². The Hall–Kier alpha value is -0.450. The van der Waals surface area contributed by atoms with Crippen LogP contribution in [0.3, 0.4) is 0 Å². The summed E-state index contributed by atoms with van der Waals surface area (Å²) in [7, 11) is 0. The minimum absolute atomic E-state index is 0.778. The van der Waals surface area contributed by atoms with E-state index >= 15 is 0 Å². The Morgan fingerprint density at radius 3 is 3.27 bits per heavy atom. The predicted molar refractivity (Wildman–Crippen MR) is 62.1 cm³/mol. The van der Waals surface area contributed by atoms with Gasteiger partial charge in [-0.25, -0.2) is 4.98 Å². The zero-order chi connectivity index (χ0) is 10.5. The molecule has 1 fully saturated rings. The summed E-state index contributed by atoms with van der Waals surface area (Å²) in [4.78, 5) is 5.56. The summed E-state index contributed by atoms with van der Waals surface area (Å²) in [5.41, 5.74) is 0. The van der Waals surface area contributed by atoms with Gasteiger partial charge in [-0.05, 0) is 32.2 Å². The van der Waals surface area contributed by atoms with E-state index in [1.165, 1.54) is 17.7 Å². The van der Waals surface area contributed by atoms with Crippen LogP contribution in [0.25, 0.3) is 0 Å². The van der Waals surface area contributed by atoms with Gasteiger partial charge in [0.1, 0.15) is 0 Å². The fraction of sp³-hybridized carbons (Fsp3) is 0.727. The SMILES string of the molecule is Cc1ncc(CNCCC2CCOC2)s1. The van der Waals surface area contributed by atoms with Crippen molar-refractivity contribution in [2.45, 2.75) is 26.3 Å². The zero-order valence-corrected chi connectivity index (χ0v) is 9.98. The molecular formula is C11H18N2OS. The molecular weight excluding hydrogens is 208 g/mol. The number of aromatic nitrogens is 1. The highest BCUT2D eigenvalue weighted by Gasteiger charge is 2.14. The second kappa shape index (κ2) is 5.58. The van der Waals surface area contributed by atoms with Crippen molar-refractivity contribution in [2.75, 3.05) is 19.8 Å². The van der Waals surface area contributed by atoms with Crippen molar-refractivity contribution in [1.29, 1.82) is 0 Å². The highest BCUT2D eigenvalue weighted by molar-refractivity contribution is 7.11. The summed E-state index contributed by atoms with van der Waals surface area (Å²) < 4.78 is 5.34. The molecule has 0 saturated carbocycles. The second-order valence-electron chi connectivity index (χ2n) is 4.04. The highest BCUT2D eigenvalue weighted by atomic mass is 32.1. The number of thiazole rings is 1. The summed E-state index contributed by atoms with van der Waals surface area (Å²) in [6.07, 6.45) is 4.44. The summed E-state index contributed by atoms with van der Waals surface area (Å²) in [6.45, 7) is 6.01. The van der Waals surface area contributed by atoms with E-state index in [0.29, 0.717) is 0 Å². The number of ether oxygens (including phenoxy) is 1. The van der Waals surface area contributed by atoms with Crippen molar-refractivity contribution < 1.29 is 4.74 Å². The maximum absolute atomic E-state index is 5.34. The third-order valence-electron chi connectivity index (χ3n) is 2.72. The van der Waals surface area contributed by atoms with E-state index < -0.39 is 0 Å². The highest BCUT2D eigenvalue weighted by Crippen LogP contribution is 2.15. The molecule has 1 aromatic rings. The molecule has 84 valence electrons. The molecule has 1 unspecified atom stereocenters. The first-order valence-electron chi connectivity index (χ1n) is 5.54. The quantitative estimate of drug-likeness (QED) is 0.779. The van der Waals surface area contributed by atoms with Gasteiger partial charge in [-0.2, -0.15) is 0 Å². The molecule has 1 aromatic heterocycles. The van der Waals surface area contributed by atoms with Crippen LogP contribution in [-0.2, 0) is 11.3 Å². The van der Waals surface area contributed by atoms with Gasteiger partial charge in [-0.1, -0.05) is 0 Å². The van der Waals surface area contributed by atoms with Gasteiger partial charge in [-0.15, -0.1) is 11.3 Å². The van der Waals surface area contributed by atoms with Crippen LogP contribution in [0.2, 0.25) is 0 Å². The van der Waals surface area contributed by atoms with E-state index in [1.54, 1.807) is 11.3 Å². The zero-order valence-electron chi connectivity index (χ0n) is 9.16. The van der Waals surface area contributed by atoms with Gasteiger partial charge in [0.2, 0.25) is 0 Å². The van der Waals surface area contributed by atoms with Gasteiger partial charge >= 0.3 is 0 Å². The van der Waals surface area contributed by atoms with E-state index in [-0.39, 0.29) is 0 Å². The minimum atomic E-state index is 0.778. The number of hydrogen-bond donors (Lipinski definition) is 1. The lowest BCUT2D eigenvalue weighted by molar-refractivity contribution is 0.184. The van der Waals surface area contributed by atoms with Crippen LogP contribution in [-0.4, -0.2) is 24.7 Å². The fourth-order valence-corrected chi connectivity index (χ4v) is 2.58. The number of aryl methyl sites for hydroxylation is 1. The third kappa shape index (κ3) is 3.55. The summed E-state index contributed by atoms with van der Waals surface area (Å²) in [5.74, 6) is 0.778. The minimum Gasteiger partial charge on any atom is -0.381 e. The number of rotatable bonds is 5. The van der Waals surface area contributed by atoms with Crippen LogP contribution in [0.15, 0.2) is 6.20 Å². The predicted octanol–water partition coefficient (Wildman–Crippen LogP) is 1.97. The van der Waals surface area contributed by atoms with Crippen LogP contribution < -0.4 is 5.32 Å². The maximum Gasteiger partial charge on any atom is 0.0897 e. The number of nitrogens with one attached hydrogen (secondary N) is 1. The van der Waals surface area contributed by atoms with Crippen molar-refractivity contribution in [3.8, 4) is 0 Å². The Labute approximate surface area is 94.9 Å². The lowest BCUT2D eigenvalue weighted by Crippen LogP contribution is -2.17. The summed E-state index contributed by atoms with van der Waals surface area (Å²) in [6, 6.07) is 0. The first kappa shape index (κ1) is 11.0. The van der Waals surface area contributed by atoms with Gasteiger partial charge in [0.05, 0.1) is 5.01 Å². The first-order valence-corrected chi connectivity index (χ1v) is 6.36. The van der Waals surface area contributed by atoms with Gasteiger partial charge in [-0.3, -0.25) is 0 Å². The molecule has 15 heavy (non-hydrogen) atoms. The average Bonchev–Trinajstić information content (AvgIpc) is 2.84. The fourth-order valence-electron chi connectivity index (χ4n) is 1.82. The molecule has 0 bridgehead atoms. The standard InChI is InChI=1S/C11H18N2OS/c1-9-13-7-11(15-9)6-12-4-2-10-3-5-14-8-10/h7,10,12H,2-6,8H2,1H3. The largest absolute Gasteiger partial charge is 0.381 e. The van der Waals surface area contributed by atoms with Crippen molar-refractivity contribution in [3.05, 3.63) is 16.1 Å². The third-order valence-corrected chi connectivity index (χ3v) is 3.63. The Morgan fingerprint density at radius 1 is 1.67 bits per heavy atom. The van der Waals surface area contributed by atoms with Crippen molar-refractivity contribution in [3.63, 3.8) is 0 Å². The molecule has 2 rings (SSSR count). The van der Waals surface area contributed by atoms with Crippen molar-refractivity contribution in [2.24, 2.45) is 5.92 Å². The topological polar surface area (TPSA) is 34.2 Å². The van der Waals surface area contributed by atoms with Crippen molar-refractivity contribution >= 4 is 11.3 Å². The molecule has 0 amide bonds. The molecule has 1 N–H and O–H groups in total. The van der Waals surface area contributed by atoms with Gasteiger partial charge in [0.15, 0.2) is 0 Å². The lowest BCUT2D eigenvalue weighted by atomic mass is 10.1. The van der Waals surface area contributed by atoms with Crippen LogP contribution in [0.4, 0.5) is 0 Å². The monoisotopic (exact) mass is 226 g/mol. The Bertz CT molecular complexity index is 295. The number of nitrogens with zero attached hydrogens (tertiary/aromatic N) is 1. The van der Waals surface area contributed by atoms with E-state index in [9.17, 15) is 0 Å². The smallest absolute Gasteiger partial charge is 0.0897 e. The first-order chi connectivity index (χ1) is 7.34. The molecule has 0 radical (unpaired) electrons. The molecule has 1 atom stereocenters. The molecule has 3 nitrogen and oxygen atoms in total. The van der Waals surface area contributed by atoms with E-state index in [4.69, 9.17) is 4.74 Å². The van der Waals surface area contributed by atoms with Gasteiger partial charge in [0.25, 0.3) is 0 Å².